The van der Waals surface area contributed by atoms with Crippen molar-refractivity contribution >= 4 is 34.5 Å². The number of anilines is 3. The predicted molar refractivity (Wildman–Crippen MR) is 115 cm³/mol. The topological polar surface area (TPSA) is 51.7 Å². The summed E-state index contributed by atoms with van der Waals surface area (Å²) in [7, 11) is 4.16. The molecule has 0 atom stereocenters. The molecule has 142 valence electrons. The second-order valence-corrected chi connectivity index (χ2v) is 7.91. The number of hydrogen-bond donors (Lipinski definition) is 3. The first-order valence-corrected chi connectivity index (χ1v) is 9.81. The Morgan fingerprint density at radius 1 is 1.11 bits per heavy atom. The van der Waals surface area contributed by atoms with E-state index in [-0.39, 0.29) is 5.54 Å². The number of amidine groups is 1. The van der Waals surface area contributed by atoms with Gasteiger partial charge in [-0.2, -0.15) is 0 Å². The molecule has 2 aliphatic heterocycles. The van der Waals surface area contributed by atoms with Crippen LogP contribution in [0, 0.1) is 0 Å². The second-order valence-electron chi connectivity index (χ2n) is 7.47. The van der Waals surface area contributed by atoms with Crippen molar-refractivity contribution in [3.63, 3.8) is 0 Å². The summed E-state index contributed by atoms with van der Waals surface area (Å²) in [6.45, 7) is 2.57. The molecule has 2 aromatic carbocycles. The first-order chi connectivity index (χ1) is 13.1. The fourth-order valence-corrected chi connectivity index (χ4v) is 4.12. The Kier molecular flexibility index (Phi) is 4.98. The quantitative estimate of drug-likeness (QED) is 0.750. The molecule has 4 rings (SSSR count). The molecule has 0 bridgehead atoms. The lowest BCUT2D eigenvalue weighted by Gasteiger charge is -2.45. The minimum Gasteiger partial charge on any atom is -0.376 e. The van der Waals surface area contributed by atoms with Gasteiger partial charge in [0.2, 0.25) is 0 Å². The number of halogens is 1. The number of fused-ring (bicyclic) bond motifs is 1. The van der Waals surface area contributed by atoms with E-state index in [9.17, 15) is 0 Å². The smallest absolute Gasteiger partial charge is 0.127 e. The number of benzene rings is 2. The van der Waals surface area contributed by atoms with Gasteiger partial charge in [-0.05, 0) is 55.8 Å². The molecule has 0 saturated carbocycles. The molecule has 5 nitrogen and oxygen atoms in total. The predicted octanol–water partition coefficient (Wildman–Crippen LogP) is 3.96. The van der Waals surface area contributed by atoms with Crippen LogP contribution >= 0.6 is 11.6 Å². The molecule has 0 unspecified atom stereocenters. The molecule has 0 aliphatic carbocycles. The summed E-state index contributed by atoms with van der Waals surface area (Å²) in [5.74, 6) is 1.02. The van der Waals surface area contributed by atoms with Gasteiger partial charge in [0, 0.05) is 19.1 Å². The maximum atomic E-state index is 6.13. The van der Waals surface area contributed by atoms with E-state index in [1.807, 2.05) is 18.2 Å². The van der Waals surface area contributed by atoms with Crippen LogP contribution in [-0.2, 0) is 6.54 Å². The third kappa shape index (κ3) is 3.62. The zero-order valence-corrected chi connectivity index (χ0v) is 16.6. The fraction of sp³-hybridized carbons (Fsp3) is 0.381. The molecular weight excluding hydrogens is 358 g/mol. The van der Waals surface area contributed by atoms with Crippen molar-refractivity contribution < 1.29 is 0 Å². The highest BCUT2D eigenvalue weighted by Crippen LogP contribution is 2.41. The van der Waals surface area contributed by atoms with E-state index in [2.05, 4.69) is 59.2 Å². The van der Waals surface area contributed by atoms with Gasteiger partial charge in [0.1, 0.15) is 5.84 Å². The number of para-hydroxylation sites is 1. The Morgan fingerprint density at radius 3 is 2.63 bits per heavy atom. The molecule has 1 saturated heterocycles. The Bertz CT molecular complexity index is 855. The van der Waals surface area contributed by atoms with Crippen molar-refractivity contribution in [1.82, 2.24) is 5.32 Å². The molecule has 1 fully saturated rings. The summed E-state index contributed by atoms with van der Waals surface area (Å²) in [4.78, 5) is 7.14. The average molecular weight is 384 g/mol. The molecule has 27 heavy (non-hydrogen) atoms. The zero-order valence-electron chi connectivity index (χ0n) is 15.8. The Hall–Kier alpha value is -2.24. The minimum absolute atomic E-state index is 0.164. The lowest BCUT2D eigenvalue weighted by atomic mass is 9.84. The molecule has 0 aromatic heterocycles. The Labute approximate surface area is 165 Å². The van der Waals surface area contributed by atoms with Crippen molar-refractivity contribution in [1.29, 1.82) is 0 Å². The molecule has 2 aliphatic rings. The van der Waals surface area contributed by atoms with E-state index in [0.29, 0.717) is 6.54 Å². The first kappa shape index (κ1) is 18.1. The van der Waals surface area contributed by atoms with Gasteiger partial charge in [-0.3, -0.25) is 4.99 Å². The van der Waals surface area contributed by atoms with Crippen LogP contribution in [0.3, 0.4) is 0 Å². The standard InChI is InChI=1S/C21H26ClN5/c1-27(2)18-8-4-7-17-19(18)26-21(9-11-23-12-10-21)20(25-17)24-14-15-5-3-6-16(22)13-15/h3-8,13,23,26H,9-12,14H2,1-2H3,(H,24,25). The molecule has 2 heterocycles. The largest absolute Gasteiger partial charge is 0.376 e. The molecule has 6 heteroatoms. The highest BCUT2D eigenvalue weighted by Gasteiger charge is 2.41. The molecule has 3 N–H and O–H groups in total. The van der Waals surface area contributed by atoms with Crippen molar-refractivity contribution in [2.45, 2.75) is 24.9 Å². The van der Waals surface area contributed by atoms with Crippen LogP contribution < -0.4 is 20.9 Å². The fourth-order valence-electron chi connectivity index (χ4n) is 3.91. The van der Waals surface area contributed by atoms with E-state index < -0.39 is 0 Å². The van der Waals surface area contributed by atoms with Crippen LogP contribution in [0.25, 0.3) is 0 Å². The van der Waals surface area contributed by atoms with E-state index in [1.165, 1.54) is 5.69 Å². The number of aliphatic imine (C=N–C) groups is 1. The highest BCUT2D eigenvalue weighted by molar-refractivity contribution is 6.30. The Morgan fingerprint density at radius 2 is 1.89 bits per heavy atom. The van der Waals surface area contributed by atoms with Gasteiger partial charge < -0.3 is 20.9 Å². The summed E-state index contributed by atoms with van der Waals surface area (Å²) in [5, 5.41) is 11.7. The van der Waals surface area contributed by atoms with E-state index >= 15 is 0 Å². The number of nitrogens with one attached hydrogen (secondary N) is 3. The van der Waals surface area contributed by atoms with Crippen LogP contribution in [0.15, 0.2) is 47.5 Å². The SMILES string of the molecule is CN(C)c1cccc2c1NC1(CCNCC1)C(=NCc1cccc(Cl)c1)N2. The number of rotatable bonds is 3. The van der Waals surface area contributed by atoms with E-state index in [1.54, 1.807) is 0 Å². The Balaban J connectivity index is 1.71. The summed E-state index contributed by atoms with van der Waals surface area (Å²) in [6, 6.07) is 14.3. The monoisotopic (exact) mass is 383 g/mol. The summed E-state index contributed by atoms with van der Waals surface area (Å²) in [5.41, 5.74) is 4.38. The van der Waals surface area contributed by atoms with Crippen molar-refractivity contribution in [3.8, 4) is 0 Å². The summed E-state index contributed by atoms with van der Waals surface area (Å²) < 4.78 is 0. The van der Waals surface area contributed by atoms with Crippen molar-refractivity contribution in [3.05, 3.63) is 53.1 Å². The first-order valence-electron chi connectivity index (χ1n) is 9.43. The third-order valence-electron chi connectivity index (χ3n) is 5.36. The van der Waals surface area contributed by atoms with Gasteiger partial charge >= 0.3 is 0 Å². The second kappa shape index (κ2) is 7.41. The van der Waals surface area contributed by atoms with Gasteiger partial charge in [0.05, 0.1) is 29.1 Å². The normalized spacial score (nSPS) is 19.3. The summed E-state index contributed by atoms with van der Waals surface area (Å²) in [6.07, 6.45) is 1.99. The van der Waals surface area contributed by atoms with Gasteiger partial charge in [-0.1, -0.05) is 29.8 Å². The minimum atomic E-state index is -0.164. The van der Waals surface area contributed by atoms with Gasteiger partial charge in [-0.15, -0.1) is 0 Å². The summed E-state index contributed by atoms with van der Waals surface area (Å²) >= 11 is 6.13. The van der Waals surface area contributed by atoms with Crippen LogP contribution in [0.1, 0.15) is 18.4 Å². The van der Waals surface area contributed by atoms with Crippen LogP contribution in [0.4, 0.5) is 17.1 Å². The van der Waals surface area contributed by atoms with Crippen molar-refractivity contribution in [2.24, 2.45) is 4.99 Å². The van der Waals surface area contributed by atoms with Gasteiger partial charge in [-0.25, -0.2) is 0 Å². The van der Waals surface area contributed by atoms with E-state index in [4.69, 9.17) is 16.6 Å². The van der Waals surface area contributed by atoms with Crippen LogP contribution in [0.2, 0.25) is 5.02 Å². The lowest BCUT2D eigenvalue weighted by Crippen LogP contribution is -2.58. The molecule has 0 amide bonds. The maximum Gasteiger partial charge on any atom is 0.127 e. The van der Waals surface area contributed by atoms with Crippen molar-refractivity contribution in [2.75, 3.05) is 42.7 Å². The van der Waals surface area contributed by atoms with Crippen LogP contribution in [0.5, 0.6) is 0 Å². The van der Waals surface area contributed by atoms with E-state index in [0.717, 1.165) is 53.7 Å². The average Bonchev–Trinajstić information content (AvgIpc) is 2.66. The highest BCUT2D eigenvalue weighted by atomic mass is 35.5. The molecule has 1 spiro atoms. The molecule has 2 aromatic rings. The van der Waals surface area contributed by atoms with Gasteiger partial charge in [0.15, 0.2) is 0 Å². The zero-order chi connectivity index (χ0) is 18.9. The molecule has 0 radical (unpaired) electrons. The maximum absolute atomic E-state index is 6.13. The van der Waals surface area contributed by atoms with Gasteiger partial charge in [0.25, 0.3) is 0 Å². The third-order valence-corrected chi connectivity index (χ3v) is 5.60. The molecular formula is C21H26ClN5. The number of hydrogen-bond acceptors (Lipinski definition) is 4. The number of nitrogens with zero attached hydrogens (tertiary/aromatic N) is 2. The number of piperidine rings is 1. The van der Waals surface area contributed by atoms with Crippen LogP contribution in [-0.4, -0.2) is 38.6 Å². The lowest BCUT2D eigenvalue weighted by molar-refractivity contribution is 0.419.